The van der Waals surface area contributed by atoms with Crippen molar-refractivity contribution in [3.63, 3.8) is 0 Å². The maximum Gasteiger partial charge on any atom is 0.319 e. The van der Waals surface area contributed by atoms with E-state index < -0.39 is 0 Å². The number of urea groups is 1. The highest BCUT2D eigenvalue weighted by Gasteiger charge is 2.14. The summed E-state index contributed by atoms with van der Waals surface area (Å²) in [7, 11) is 0. The van der Waals surface area contributed by atoms with Gasteiger partial charge in [-0.15, -0.1) is 0 Å². The summed E-state index contributed by atoms with van der Waals surface area (Å²) in [5, 5.41) is 5.77. The van der Waals surface area contributed by atoms with Crippen LogP contribution in [0.2, 0.25) is 0 Å². The van der Waals surface area contributed by atoms with Crippen molar-refractivity contribution in [3.8, 4) is 0 Å². The van der Waals surface area contributed by atoms with Gasteiger partial charge >= 0.3 is 6.03 Å². The lowest BCUT2D eigenvalue weighted by Gasteiger charge is -2.19. The number of hydrogen-bond donors (Lipinski definition) is 2. The van der Waals surface area contributed by atoms with E-state index in [4.69, 9.17) is 0 Å². The third-order valence-electron chi connectivity index (χ3n) is 3.91. The molecule has 0 radical (unpaired) electrons. The molecule has 22 heavy (non-hydrogen) atoms. The minimum absolute atomic E-state index is 0.207. The van der Waals surface area contributed by atoms with Crippen LogP contribution in [0.4, 0.5) is 10.5 Å². The summed E-state index contributed by atoms with van der Waals surface area (Å²) in [5.41, 5.74) is 5.16. The van der Waals surface area contributed by atoms with Crippen LogP contribution in [-0.2, 0) is 19.4 Å². The second kappa shape index (κ2) is 6.56. The summed E-state index contributed by atoms with van der Waals surface area (Å²) in [6.07, 6.45) is 7.93. The lowest BCUT2D eigenvalue weighted by Crippen LogP contribution is -2.29. The van der Waals surface area contributed by atoms with Gasteiger partial charge < -0.3 is 10.6 Å². The van der Waals surface area contributed by atoms with Crippen molar-refractivity contribution in [3.05, 3.63) is 53.1 Å². The molecule has 3 rings (SSSR count). The smallest absolute Gasteiger partial charge is 0.319 e. The van der Waals surface area contributed by atoms with Gasteiger partial charge in [-0.05, 0) is 49.8 Å². The number of aryl methyl sites for hydroxylation is 2. The van der Waals surface area contributed by atoms with Crippen LogP contribution >= 0.6 is 0 Å². The Hall–Kier alpha value is -2.43. The Morgan fingerprint density at radius 3 is 2.86 bits per heavy atom. The molecule has 2 aromatic rings. The highest BCUT2D eigenvalue weighted by atomic mass is 16.2. The Labute approximate surface area is 130 Å². The molecule has 0 saturated carbocycles. The van der Waals surface area contributed by atoms with E-state index in [0.717, 1.165) is 29.9 Å². The van der Waals surface area contributed by atoms with E-state index in [1.807, 2.05) is 19.1 Å². The number of benzene rings is 1. The van der Waals surface area contributed by atoms with Gasteiger partial charge in [-0.1, -0.05) is 12.1 Å². The minimum atomic E-state index is -0.207. The van der Waals surface area contributed by atoms with Crippen LogP contribution in [0.1, 0.15) is 35.4 Å². The first-order valence-corrected chi connectivity index (χ1v) is 7.65. The Kier molecular flexibility index (Phi) is 4.32. The molecule has 5 nitrogen and oxygen atoms in total. The van der Waals surface area contributed by atoms with Crippen molar-refractivity contribution in [2.75, 3.05) is 5.32 Å². The molecule has 5 heteroatoms. The van der Waals surface area contributed by atoms with Gasteiger partial charge in [0.1, 0.15) is 0 Å². The molecular formula is C17H20N4O. The van der Waals surface area contributed by atoms with E-state index in [0.29, 0.717) is 6.54 Å². The van der Waals surface area contributed by atoms with Crippen LogP contribution in [-0.4, -0.2) is 16.0 Å². The molecule has 1 aromatic carbocycles. The zero-order valence-corrected chi connectivity index (χ0v) is 12.7. The SMILES string of the molecule is Cc1cnc(CNC(=O)Nc2cccc3c2CCCC3)cn1. The van der Waals surface area contributed by atoms with Crippen LogP contribution in [0, 0.1) is 6.92 Å². The van der Waals surface area contributed by atoms with Crippen molar-refractivity contribution in [1.29, 1.82) is 0 Å². The van der Waals surface area contributed by atoms with Gasteiger partial charge in [0.05, 0.1) is 24.1 Å². The predicted molar refractivity (Wildman–Crippen MR) is 85.7 cm³/mol. The van der Waals surface area contributed by atoms with Crippen molar-refractivity contribution in [2.24, 2.45) is 0 Å². The number of carbonyl (C=O) groups excluding carboxylic acids is 1. The average molecular weight is 296 g/mol. The summed E-state index contributed by atoms with van der Waals surface area (Å²) in [6.45, 7) is 2.25. The monoisotopic (exact) mass is 296 g/mol. The fourth-order valence-electron chi connectivity index (χ4n) is 2.75. The molecule has 0 aliphatic heterocycles. The molecule has 2 amide bonds. The molecule has 2 N–H and O–H groups in total. The maximum absolute atomic E-state index is 12.1. The molecule has 1 heterocycles. The Bertz CT molecular complexity index is 667. The second-order valence-corrected chi connectivity index (χ2v) is 5.61. The van der Waals surface area contributed by atoms with Gasteiger partial charge in [0.25, 0.3) is 0 Å². The van der Waals surface area contributed by atoms with Crippen molar-refractivity contribution >= 4 is 11.7 Å². The molecule has 0 unspecified atom stereocenters. The number of aromatic nitrogens is 2. The Morgan fingerprint density at radius 1 is 1.18 bits per heavy atom. The minimum Gasteiger partial charge on any atom is -0.332 e. The largest absolute Gasteiger partial charge is 0.332 e. The Morgan fingerprint density at radius 2 is 2.05 bits per heavy atom. The fraction of sp³-hybridized carbons (Fsp3) is 0.353. The number of nitrogens with one attached hydrogen (secondary N) is 2. The first kappa shape index (κ1) is 14.5. The van der Waals surface area contributed by atoms with Crippen molar-refractivity contribution < 1.29 is 4.79 Å². The standard InChI is InChI=1S/C17H20N4O/c1-12-9-19-14(10-18-12)11-20-17(22)21-16-8-4-6-13-5-2-3-7-15(13)16/h4,6,8-10H,2-3,5,7,11H2,1H3,(H2,20,21,22). The zero-order valence-electron chi connectivity index (χ0n) is 12.7. The van der Waals surface area contributed by atoms with Crippen molar-refractivity contribution in [1.82, 2.24) is 15.3 Å². The topological polar surface area (TPSA) is 66.9 Å². The second-order valence-electron chi connectivity index (χ2n) is 5.61. The molecule has 0 saturated heterocycles. The number of rotatable bonds is 3. The molecule has 1 aliphatic carbocycles. The summed E-state index contributed by atoms with van der Waals surface area (Å²) in [5.74, 6) is 0. The van der Waals surface area contributed by atoms with Crippen molar-refractivity contribution in [2.45, 2.75) is 39.2 Å². The third kappa shape index (κ3) is 3.42. The van der Waals surface area contributed by atoms with E-state index in [2.05, 4.69) is 26.7 Å². The lowest BCUT2D eigenvalue weighted by molar-refractivity contribution is 0.251. The van der Waals surface area contributed by atoms with Crippen LogP contribution in [0.25, 0.3) is 0 Å². The van der Waals surface area contributed by atoms with Gasteiger partial charge in [0.2, 0.25) is 0 Å². The molecule has 114 valence electrons. The molecule has 0 spiro atoms. The predicted octanol–water partition coefficient (Wildman–Crippen LogP) is 2.99. The van der Waals surface area contributed by atoms with Crippen LogP contribution < -0.4 is 10.6 Å². The number of hydrogen-bond acceptors (Lipinski definition) is 3. The van der Waals surface area contributed by atoms with Crippen LogP contribution in [0.15, 0.2) is 30.6 Å². The molecule has 0 bridgehead atoms. The number of amides is 2. The maximum atomic E-state index is 12.1. The number of fused-ring (bicyclic) bond motifs is 1. The number of anilines is 1. The molecule has 1 aliphatic rings. The summed E-state index contributed by atoms with van der Waals surface area (Å²) < 4.78 is 0. The highest BCUT2D eigenvalue weighted by molar-refractivity contribution is 5.90. The summed E-state index contributed by atoms with van der Waals surface area (Å²) in [6, 6.07) is 5.92. The van der Waals surface area contributed by atoms with E-state index in [-0.39, 0.29) is 6.03 Å². The third-order valence-corrected chi connectivity index (χ3v) is 3.91. The number of carbonyl (C=O) groups is 1. The zero-order chi connectivity index (χ0) is 15.4. The normalized spacial score (nSPS) is 13.3. The van der Waals surface area contributed by atoms with E-state index in [9.17, 15) is 4.79 Å². The lowest BCUT2D eigenvalue weighted by atomic mass is 9.90. The molecule has 1 aromatic heterocycles. The molecular weight excluding hydrogens is 276 g/mol. The Balaban J connectivity index is 1.61. The molecule has 0 fully saturated rings. The van der Waals surface area contributed by atoms with Crippen LogP contribution in [0.5, 0.6) is 0 Å². The van der Waals surface area contributed by atoms with Gasteiger partial charge in [-0.3, -0.25) is 9.97 Å². The fourth-order valence-corrected chi connectivity index (χ4v) is 2.75. The van der Waals surface area contributed by atoms with Gasteiger partial charge in [-0.25, -0.2) is 4.79 Å². The van der Waals surface area contributed by atoms with Gasteiger partial charge in [0.15, 0.2) is 0 Å². The van der Waals surface area contributed by atoms with Gasteiger partial charge in [-0.2, -0.15) is 0 Å². The molecule has 0 atom stereocenters. The van der Waals surface area contributed by atoms with Gasteiger partial charge in [0, 0.05) is 11.9 Å². The summed E-state index contributed by atoms with van der Waals surface area (Å²) >= 11 is 0. The van der Waals surface area contributed by atoms with E-state index in [1.165, 1.54) is 24.0 Å². The van der Waals surface area contributed by atoms with E-state index in [1.54, 1.807) is 12.4 Å². The quantitative estimate of drug-likeness (QED) is 0.915. The first-order chi connectivity index (χ1) is 10.7. The summed E-state index contributed by atoms with van der Waals surface area (Å²) in [4.78, 5) is 20.5. The van der Waals surface area contributed by atoms with Crippen LogP contribution in [0.3, 0.4) is 0 Å². The first-order valence-electron chi connectivity index (χ1n) is 7.65. The highest BCUT2D eigenvalue weighted by Crippen LogP contribution is 2.27. The number of nitrogens with zero attached hydrogens (tertiary/aromatic N) is 2. The van der Waals surface area contributed by atoms with E-state index >= 15 is 0 Å². The average Bonchev–Trinajstić information content (AvgIpc) is 2.55.